The van der Waals surface area contributed by atoms with Crippen molar-refractivity contribution in [3.8, 4) is 12.1 Å². The highest BCUT2D eigenvalue weighted by molar-refractivity contribution is 6.10. The van der Waals surface area contributed by atoms with Gasteiger partial charge in [0.2, 0.25) is 0 Å². The molecule has 66 valence electrons. The third-order valence-corrected chi connectivity index (χ3v) is 1.61. The van der Waals surface area contributed by atoms with E-state index in [4.69, 9.17) is 10.5 Å². The molecule has 0 aliphatic heterocycles. The van der Waals surface area contributed by atoms with Crippen molar-refractivity contribution >= 4 is 11.6 Å². The van der Waals surface area contributed by atoms with Crippen molar-refractivity contribution in [2.75, 3.05) is 0 Å². The molecule has 1 aromatic carbocycles. The Morgan fingerprint density at radius 3 is 1.36 bits per heavy atom. The number of carbonyl (C=O) groups excluding carboxylic acids is 2. The van der Waals surface area contributed by atoms with Gasteiger partial charge in [-0.25, -0.2) is 0 Å². The summed E-state index contributed by atoms with van der Waals surface area (Å²) in [6.07, 6.45) is 0. The lowest BCUT2D eigenvalue weighted by molar-refractivity contribution is 0.104. The first-order valence-corrected chi connectivity index (χ1v) is 3.68. The average Bonchev–Trinajstić information content (AvgIpc) is 2.27. The second kappa shape index (κ2) is 3.97. The summed E-state index contributed by atoms with van der Waals surface area (Å²) in [6.45, 7) is 0. The molecule has 4 heteroatoms. The molecule has 14 heavy (non-hydrogen) atoms. The van der Waals surface area contributed by atoms with Gasteiger partial charge < -0.3 is 0 Å². The quantitative estimate of drug-likeness (QED) is 0.509. The zero-order valence-corrected chi connectivity index (χ0v) is 7.02. The molecule has 0 aliphatic rings. The van der Waals surface area contributed by atoms with Gasteiger partial charge in [0.15, 0.2) is 0 Å². The zero-order chi connectivity index (χ0) is 10.6. The van der Waals surface area contributed by atoms with Crippen molar-refractivity contribution in [2.24, 2.45) is 0 Å². The molecule has 0 N–H and O–H groups in total. The van der Waals surface area contributed by atoms with Crippen molar-refractivity contribution in [1.82, 2.24) is 0 Å². The third-order valence-electron chi connectivity index (χ3n) is 1.61. The molecule has 0 saturated heterocycles. The number of nitriles is 2. The Labute approximate surface area is 80.0 Å². The van der Waals surface area contributed by atoms with Crippen LogP contribution in [0.3, 0.4) is 0 Å². The fraction of sp³-hybridized carbons (Fsp3) is 0. The standard InChI is InChI=1S/C10H4N2O2/c11-5-9(13)7-1-2-8(4-3-7)10(14)6-12/h1-4H. The van der Waals surface area contributed by atoms with Crippen LogP contribution in [0, 0.1) is 22.7 Å². The monoisotopic (exact) mass is 184 g/mol. The summed E-state index contributed by atoms with van der Waals surface area (Å²) in [5, 5.41) is 16.6. The largest absolute Gasteiger partial charge is 0.277 e. The predicted octanol–water partition coefficient (Wildman–Crippen LogP) is 1.10. The third kappa shape index (κ3) is 1.82. The molecule has 0 aromatic heterocycles. The van der Waals surface area contributed by atoms with Crippen molar-refractivity contribution in [2.45, 2.75) is 0 Å². The molecule has 4 nitrogen and oxygen atoms in total. The number of nitrogens with zero attached hydrogens (tertiary/aromatic N) is 2. The van der Waals surface area contributed by atoms with Gasteiger partial charge in [0, 0.05) is 11.1 Å². The minimum atomic E-state index is -0.666. The van der Waals surface area contributed by atoms with E-state index in [0.717, 1.165) is 0 Å². The molecule has 0 fully saturated rings. The van der Waals surface area contributed by atoms with Crippen LogP contribution in [-0.2, 0) is 0 Å². The lowest BCUT2D eigenvalue weighted by Gasteiger charge is -1.94. The molecule has 0 aliphatic carbocycles. The molecule has 0 radical (unpaired) electrons. The van der Waals surface area contributed by atoms with Crippen molar-refractivity contribution in [3.05, 3.63) is 35.4 Å². The van der Waals surface area contributed by atoms with E-state index >= 15 is 0 Å². The van der Waals surface area contributed by atoms with E-state index in [1.165, 1.54) is 36.4 Å². The van der Waals surface area contributed by atoms with E-state index in [0.29, 0.717) is 0 Å². The summed E-state index contributed by atoms with van der Waals surface area (Å²) < 4.78 is 0. The Hall–Kier alpha value is -2.46. The van der Waals surface area contributed by atoms with Crippen LogP contribution < -0.4 is 0 Å². The van der Waals surface area contributed by atoms with E-state index in [-0.39, 0.29) is 11.1 Å². The first-order chi connectivity index (χ1) is 6.69. The van der Waals surface area contributed by atoms with Gasteiger partial charge in [0.05, 0.1) is 0 Å². The maximum Gasteiger partial charge on any atom is 0.262 e. The summed E-state index contributed by atoms with van der Waals surface area (Å²) in [7, 11) is 0. The Balaban J connectivity index is 3.03. The van der Waals surface area contributed by atoms with Crippen molar-refractivity contribution in [1.29, 1.82) is 10.5 Å². The van der Waals surface area contributed by atoms with Gasteiger partial charge >= 0.3 is 0 Å². The minimum absolute atomic E-state index is 0.210. The molecule has 1 aromatic rings. The van der Waals surface area contributed by atoms with E-state index < -0.39 is 11.6 Å². The van der Waals surface area contributed by atoms with Crippen LogP contribution in [0.25, 0.3) is 0 Å². The molecule has 0 unspecified atom stereocenters. The SMILES string of the molecule is N#CC(=O)c1ccc(C(=O)C#N)cc1. The van der Waals surface area contributed by atoms with Crippen LogP contribution in [0.15, 0.2) is 24.3 Å². The molecule has 0 amide bonds. The van der Waals surface area contributed by atoms with Gasteiger partial charge in [0.1, 0.15) is 12.1 Å². The van der Waals surface area contributed by atoms with Crippen LogP contribution >= 0.6 is 0 Å². The molecular formula is C10H4N2O2. The van der Waals surface area contributed by atoms with Crippen LogP contribution in [0.1, 0.15) is 20.7 Å². The van der Waals surface area contributed by atoms with E-state index in [1.807, 2.05) is 0 Å². The number of benzene rings is 1. The van der Waals surface area contributed by atoms with Crippen molar-refractivity contribution in [3.63, 3.8) is 0 Å². The highest BCUT2D eigenvalue weighted by Crippen LogP contribution is 2.05. The van der Waals surface area contributed by atoms with E-state index in [1.54, 1.807) is 0 Å². The first kappa shape index (κ1) is 9.63. The number of carbonyl (C=O) groups is 2. The van der Waals surface area contributed by atoms with Crippen LogP contribution in [0.5, 0.6) is 0 Å². The number of rotatable bonds is 2. The van der Waals surface area contributed by atoms with Crippen LogP contribution in [0.2, 0.25) is 0 Å². The van der Waals surface area contributed by atoms with Gasteiger partial charge in [-0.3, -0.25) is 9.59 Å². The number of Topliss-reactive ketones (excluding diaryl/α,β-unsaturated/α-hetero) is 2. The summed E-state index contributed by atoms with van der Waals surface area (Å²) in [4.78, 5) is 21.7. The summed E-state index contributed by atoms with van der Waals surface area (Å²) in [6, 6.07) is 8.28. The second-order valence-corrected chi connectivity index (χ2v) is 2.46. The molecule has 0 heterocycles. The molecule has 0 spiro atoms. The van der Waals surface area contributed by atoms with Gasteiger partial charge in [-0.2, -0.15) is 10.5 Å². The molecule has 1 rings (SSSR count). The van der Waals surface area contributed by atoms with Crippen LogP contribution in [0.4, 0.5) is 0 Å². The summed E-state index contributed by atoms with van der Waals surface area (Å²) in [5.41, 5.74) is 0.420. The molecule has 0 bridgehead atoms. The Bertz CT molecular complexity index is 415. The molecule has 0 atom stereocenters. The lowest BCUT2D eigenvalue weighted by Crippen LogP contribution is -1.98. The average molecular weight is 184 g/mol. The Kier molecular flexibility index (Phi) is 2.73. The lowest BCUT2D eigenvalue weighted by atomic mass is 10.1. The van der Waals surface area contributed by atoms with Crippen molar-refractivity contribution < 1.29 is 9.59 Å². The minimum Gasteiger partial charge on any atom is -0.277 e. The maximum atomic E-state index is 10.9. The van der Waals surface area contributed by atoms with Gasteiger partial charge in [-0.05, 0) is 24.3 Å². The maximum absolute atomic E-state index is 10.9. The van der Waals surface area contributed by atoms with Crippen LogP contribution in [-0.4, -0.2) is 11.6 Å². The van der Waals surface area contributed by atoms with Gasteiger partial charge in [-0.15, -0.1) is 0 Å². The number of hydrogen-bond donors (Lipinski definition) is 0. The highest BCUT2D eigenvalue weighted by atomic mass is 16.1. The fourth-order valence-corrected chi connectivity index (χ4v) is 0.902. The second-order valence-electron chi connectivity index (χ2n) is 2.46. The number of hydrogen-bond acceptors (Lipinski definition) is 4. The smallest absolute Gasteiger partial charge is 0.262 e. The zero-order valence-electron chi connectivity index (χ0n) is 7.02. The molecular weight excluding hydrogens is 180 g/mol. The summed E-state index contributed by atoms with van der Waals surface area (Å²) >= 11 is 0. The Morgan fingerprint density at radius 2 is 1.14 bits per heavy atom. The number of ketones is 2. The highest BCUT2D eigenvalue weighted by Gasteiger charge is 2.06. The Morgan fingerprint density at radius 1 is 0.857 bits per heavy atom. The van der Waals surface area contributed by atoms with E-state index in [9.17, 15) is 9.59 Å². The predicted molar refractivity (Wildman–Crippen MR) is 46.3 cm³/mol. The normalized spacial score (nSPS) is 8.43. The first-order valence-electron chi connectivity index (χ1n) is 3.68. The van der Waals surface area contributed by atoms with Gasteiger partial charge in [-0.1, -0.05) is 0 Å². The van der Waals surface area contributed by atoms with E-state index in [2.05, 4.69) is 0 Å². The molecule has 0 saturated carbocycles. The summed E-state index contributed by atoms with van der Waals surface area (Å²) in [5.74, 6) is -1.33. The topological polar surface area (TPSA) is 81.7 Å². The fourth-order valence-electron chi connectivity index (χ4n) is 0.902. The van der Waals surface area contributed by atoms with Gasteiger partial charge in [0.25, 0.3) is 11.6 Å².